The van der Waals surface area contributed by atoms with E-state index in [-0.39, 0.29) is 5.78 Å². The maximum absolute atomic E-state index is 10.9. The zero-order valence-corrected chi connectivity index (χ0v) is 9.86. The standard InChI is InChI=1S/C13H14O4/c1-9(14)3-4-10-7-11(15-2)13-12(8-10)16-5-6-17-13/h3-4,7-8H,5-6H2,1-2H3/b4-3+. The SMILES string of the molecule is COc1cc(/C=C/C(C)=O)cc2c1OCCO2. The Balaban J connectivity index is 2.39. The van der Waals surface area contributed by atoms with Crippen molar-refractivity contribution in [3.05, 3.63) is 23.8 Å². The summed E-state index contributed by atoms with van der Waals surface area (Å²) in [4.78, 5) is 10.9. The summed E-state index contributed by atoms with van der Waals surface area (Å²) in [6.45, 7) is 2.55. The van der Waals surface area contributed by atoms with Crippen LogP contribution >= 0.6 is 0 Å². The molecule has 0 amide bonds. The lowest BCUT2D eigenvalue weighted by Crippen LogP contribution is -2.16. The summed E-state index contributed by atoms with van der Waals surface area (Å²) in [6, 6.07) is 3.64. The van der Waals surface area contributed by atoms with Gasteiger partial charge in [0.15, 0.2) is 17.3 Å². The molecule has 2 rings (SSSR count). The van der Waals surface area contributed by atoms with Gasteiger partial charge in [-0.3, -0.25) is 4.79 Å². The fraction of sp³-hybridized carbons (Fsp3) is 0.308. The van der Waals surface area contributed by atoms with Crippen LogP contribution in [0.1, 0.15) is 12.5 Å². The van der Waals surface area contributed by atoms with Gasteiger partial charge in [-0.1, -0.05) is 6.08 Å². The molecule has 1 aliphatic rings. The molecule has 0 saturated carbocycles. The molecule has 1 heterocycles. The van der Waals surface area contributed by atoms with Crippen molar-refractivity contribution in [3.8, 4) is 17.2 Å². The summed E-state index contributed by atoms with van der Waals surface area (Å²) >= 11 is 0. The van der Waals surface area contributed by atoms with Gasteiger partial charge in [0, 0.05) is 0 Å². The van der Waals surface area contributed by atoms with Gasteiger partial charge in [0.2, 0.25) is 5.75 Å². The van der Waals surface area contributed by atoms with Gasteiger partial charge in [-0.05, 0) is 30.7 Å². The molecule has 0 radical (unpaired) electrons. The summed E-state index contributed by atoms with van der Waals surface area (Å²) < 4.78 is 16.2. The highest BCUT2D eigenvalue weighted by Gasteiger charge is 2.17. The number of fused-ring (bicyclic) bond motifs is 1. The monoisotopic (exact) mass is 234 g/mol. The average Bonchev–Trinajstić information content (AvgIpc) is 2.35. The van der Waals surface area contributed by atoms with Crippen molar-refractivity contribution >= 4 is 11.9 Å². The molecule has 4 nitrogen and oxygen atoms in total. The van der Waals surface area contributed by atoms with Crippen LogP contribution in [0.25, 0.3) is 6.08 Å². The van der Waals surface area contributed by atoms with Crippen LogP contribution in [0, 0.1) is 0 Å². The molecule has 0 N–H and O–H groups in total. The molecule has 0 aliphatic carbocycles. The summed E-state index contributed by atoms with van der Waals surface area (Å²) in [6.07, 6.45) is 3.23. The van der Waals surface area contributed by atoms with Crippen LogP contribution in [0.2, 0.25) is 0 Å². The number of ketones is 1. The first kappa shape index (κ1) is 11.5. The molecule has 0 atom stereocenters. The van der Waals surface area contributed by atoms with E-state index in [9.17, 15) is 4.79 Å². The van der Waals surface area contributed by atoms with Crippen LogP contribution in [0.15, 0.2) is 18.2 Å². The molecule has 90 valence electrons. The van der Waals surface area contributed by atoms with Gasteiger partial charge < -0.3 is 14.2 Å². The molecule has 0 unspecified atom stereocenters. The molecule has 0 spiro atoms. The van der Waals surface area contributed by atoms with Gasteiger partial charge in [0.1, 0.15) is 13.2 Å². The van der Waals surface area contributed by atoms with Gasteiger partial charge in [-0.2, -0.15) is 0 Å². The summed E-state index contributed by atoms with van der Waals surface area (Å²) in [5.41, 5.74) is 0.848. The van der Waals surface area contributed by atoms with Crippen LogP contribution in [0.4, 0.5) is 0 Å². The number of carbonyl (C=O) groups is 1. The Bertz CT molecular complexity index is 445. The van der Waals surface area contributed by atoms with Crippen molar-refractivity contribution in [2.75, 3.05) is 20.3 Å². The number of allylic oxidation sites excluding steroid dienone is 1. The highest BCUT2D eigenvalue weighted by molar-refractivity contribution is 5.91. The van der Waals surface area contributed by atoms with E-state index in [4.69, 9.17) is 14.2 Å². The Morgan fingerprint density at radius 1 is 1.35 bits per heavy atom. The summed E-state index contributed by atoms with van der Waals surface area (Å²) in [7, 11) is 1.58. The third-order valence-electron chi connectivity index (χ3n) is 2.36. The number of methoxy groups -OCH3 is 1. The molecule has 0 aromatic heterocycles. The fourth-order valence-corrected chi connectivity index (χ4v) is 1.60. The molecule has 0 bridgehead atoms. The van der Waals surface area contributed by atoms with E-state index in [1.807, 2.05) is 12.1 Å². The minimum absolute atomic E-state index is 0.00106. The van der Waals surface area contributed by atoms with Gasteiger partial charge in [-0.25, -0.2) is 0 Å². The fourth-order valence-electron chi connectivity index (χ4n) is 1.60. The van der Waals surface area contributed by atoms with E-state index in [0.29, 0.717) is 30.5 Å². The number of rotatable bonds is 3. The molecule has 0 fully saturated rings. The number of hydrogen-bond acceptors (Lipinski definition) is 4. The third kappa shape index (κ3) is 2.58. The topological polar surface area (TPSA) is 44.8 Å². The smallest absolute Gasteiger partial charge is 0.203 e. The quantitative estimate of drug-likeness (QED) is 0.751. The van der Waals surface area contributed by atoms with Gasteiger partial charge in [0.25, 0.3) is 0 Å². The van der Waals surface area contributed by atoms with Crippen molar-refractivity contribution in [1.82, 2.24) is 0 Å². The number of hydrogen-bond donors (Lipinski definition) is 0. The highest BCUT2D eigenvalue weighted by atomic mass is 16.6. The van der Waals surface area contributed by atoms with E-state index in [2.05, 4.69) is 0 Å². The molecule has 1 aromatic carbocycles. The first-order chi connectivity index (χ1) is 8.20. The second-order valence-corrected chi connectivity index (χ2v) is 3.69. The molecule has 1 aliphatic heterocycles. The van der Waals surface area contributed by atoms with Crippen LogP contribution in [-0.2, 0) is 4.79 Å². The van der Waals surface area contributed by atoms with Crippen molar-refractivity contribution in [3.63, 3.8) is 0 Å². The van der Waals surface area contributed by atoms with Gasteiger partial charge >= 0.3 is 0 Å². The normalized spacial score (nSPS) is 13.8. The third-order valence-corrected chi connectivity index (χ3v) is 2.36. The lowest BCUT2D eigenvalue weighted by molar-refractivity contribution is -0.112. The number of benzene rings is 1. The van der Waals surface area contributed by atoms with E-state index < -0.39 is 0 Å². The van der Waals surface area contributed by atoms with Crippen molar-refractivity contribution in [2.45, 2.75) is 6.92 Å². The minimum Gasteiger partial charge on any atom is -0.493 e. The molecule has 1 aromatic rings. The van der Waals surface area contributed by atoms with Crippen LogP contribution in [0.3, 0.4) is 0 Å². The minimum atomic E-state index is -0.00106. The summed E-state index contributed by atoms with van der Waals surface area (Å²) in [5, 5.41) is 0. The first-order valence-corrected chi connectivity index (χ1v) is 5.37. The highest BCUT2D eigenvalue weighted by Crippen LogP contribution is 2.40. The van der Waals surface area contributed by atoms with E-state index in [1.165, 1.54) is 13.0 Å². The maximum atomic E-state index is 10.9. The number of carbonyl (C=O) groups excluding carboxylic acids is 1. The zero-order valence-electron chi connectivity index (χ0n) is 9.86. The van der Waals surface area contributed by atoms with Crippen LogP contribution in [0.5, 0.6) is 17.2 Å². The second kappa shape index (κ2) is 4.91. The van der Waals surface area contributed by atoms with Crippen LogP contribution < -0.4 is 14.2 Å². The first-order valence-electron chi connectivity index (χ1n) is 5.37. The zero-order chi connectivity index (χ0) is 12.3. The Kier molecular flexibility index (Phi) is 3.32. The van der Waals surface area contributed by atoms with Crippen molar-refractivity contribution in [2.24, 2.45) is 0 Å². The average molecular weight is 234 g/mol. The van der Waals surface area contributed by atoms with Gasteiger partial charge in [-0.15, -0.1) is 0 Å². The van der Waals surface area contributed by atoms with Crippen molar-refractivity contribution in [1.29, 1.82) is 0 Å². The van der Waals surface area contributed by atoms with E-state index in [0.717, 1.165) is 5.56 Å². The Morgan fingerprint density at radius 2 is 2.12 bits per heavy atom. The predicted octanol–water partition coefficient (Wildman–Crippen LogP) is 2.07. The van der Waals surface area contributed by atoms with Gasteiger partial charge in [0.05, 0.1) is 7.11 Å². The lowest BCUT2D eigenvalue weighted by atomic mass is 10.1. The number of ether oxygens (including phenoxy) is 3. The van der Waals surface area contributed by atoms with Crippen LogP contribution in [-0.4, -0.2) is 26.1 Å². The molecule has 4 heteroatoms. The molecule has 0 saturated heterocycles. The maximum Gasteiger partial charge on any atom is 0.203 e. The molecule has 17 heavy (non-hydrogen) atoms. The van der Waals surface area contributed by atoms with E-state index in [1.54, 1.807) is 13.2 Å². The van der Waals surface area contributed by atoms with Crippen molar-refractivity contribution < 1.29 is 19.0 Å². The Morgan fingerprint density at radius 3 is 2.82 bits per heavy atom. The molecular formula is C13H14O4. The lowest BCUT2D eigenvalue weighted by Gasteiger charge is -2.20. The van der Waals surface area contributed by atoms with E-state index >= 15 is 0 Å². The second-order valence-electron chi connectivity index (χ2n) is 3.69. The predicted molar refractivity (Wildman–Crippen MR) is 63.7 cm³/mol. The summed E-state index contributed by atoms with van der Waals surface area (Å²) in [5.74, 6) is 1.89. The Hall–Kier alpha value is -1.97. The molecular weight excluding hydrogens is 220 g/mol. The largest absolute Gasteiger partial charge is 0.493 e. The Labute approximate surface area is 99.8 Å².